The summed E-state index contributed by atoms with van der Waals surface area (Å²) in [5, 5.41) is 3.85. The molecular weight excluding hydrogens is 273 g/mol. The average molecular weight is 292 g/mol. The van der Waals surface area contributed by atoms with Crippen LogP contribution in [0.3, 0.4) is 0 Å². The molecule has 0 aromatic rings. The summed E-state index contributed by atoms with van der Waals surface area (Å²) in [7, 11) is 0. The molecule has 4 nitrogen and oxygen atoms in total. The number of hydrogen-bond acceptors (Lipinski definition) is 3. The van der Waals surface area contributed by atoms with Gasteiger partial charge in [0.2, 0.25) is 5.91 Å². The molecule has 0 saturated carbocycles. The molecule has 1 N–H and O–H groups in total. The molecule has 2 aliphatic heterocycles. The number of carbonyl (C=O) groups excluding carboxylic acids is 1. The van der Waals surface area contributed by atoms with Crippen molar-refractivity contribution in [1.82, 2.24) is 15.1 Å². The molecule has 2 heterocycles. The molecule has 102 valence electrons. The van der Waals surface area contributed by atoms with E-state index in [1.165, 1.54) is 5.54 Å². The Morgan fingerprint density at radius 2 is 2.06 bits per heavy atom. The van der Waals surface area contributed by atoms with Gasteiger partial charge in [0.1, 0.15) is 0 Å². The predicted octanol–water partition coefficient (Wildman–Crippen LogP) is 1.20. The van der Waals surface area contributed by atoms with Crippen LogP contribution in [0.4, 0.5) is 0 Å². The molecule has 2 rings (SSSR count). The van der Waals surface area contributed by atoms with Gasteiger partial charge in [-0.1, -0.05) is 23.2 Å². The Morgan fingerprint density at radius 1 is 1.33 bits per heavy atom. The van der Waals surface area contributed by atoms with Crippen molar-refractivity contribution in [2.45, 2.75) is 18.9 Å². The Bertz CT molecular complexity index is 329. The van der Waals surface area contributed by atoms with Crippen LogP contribution in [0.5, 0.6) is 0 Å². The van der Waals surface area contributed by atoms with Crippen molar-refractivity contribution in [3.05, 3.63) is 10.6 Å². The molecule has 18 heavy (non-hydrogen) atoms. The lowest BCUT2D eigenvalue weighted by Gasteiger charge is -2.32. The van der Waals surface area contributed by atoms with Gasteiger partial charge in [0, 0.05) is 43.3 Å². The highest BCUT2D eigenvalue weighted by Gasteiger charge is 2.34. The molecule has 1 atom stereocenters. The molecule has 0 aromatic heterocycles. The molecule has 2 saturated heterocycles. The highest BCUT2D eigenvalue weighted by Crippen LogP contribution is 2.22. The molecule has 0 bridgehead atoms. The zero-order valence-corrected chi connectivity index (χ0v) is 11.9. The standard InChI is InChI=1S/C12H19Cl2N3O/c13-8-10(14)9-17-5-1-2-11(17)12(18)16-6-3-15-4-7-16/h8,11,15H,1-7,9H2. The summed E-state index contributed by atoms with van der Waals surface area (Å²) in [6.45, 7) is 4.89. The number of amides is 1. The van der Waals surface area contributed by atoms with E-state index in [1.807, 2.05) is 4.90 Å². The van der Waals surface area contributed by atoms with E-state index in [0.717, 1.165) is 45.6 Å². The fraction of sp³-hybridized carbons (Fsp3) is 0.750. The second kappa shape index (κ2) is 6.75. The monoisotopic (exact) mass is 291 g/mol. The van der Waals surface area contributed by atoms with Crippen LogP contribution in [0, 0.1) is 0 Å². The van der Waals surface area contributed by atoms with E-state index in [4.69, 9.17) is 23.2 Å². The molecule has 0 aliphatic carbocycles. The van der Waals surface area contributed by atoms with Gasteiger partial charge in [-0.25, -0.2) is 0 Å². The lowest BCUT2D eigenvalue weighted by molar-refractivity contribution is -0.136. The molecule has 1 amide bonds. The average Bonchev–Trinajstić information content (AvgIpc) is 2.86. The molecule has 0 radical (unpaired) electrons. The predicted molar refractivity (Wildman–Crippen MR) is 73.8 cm³/mol. The van der Waals surface area contributed by atoms with Crippen molar-refractivity contribution in [2.75, 3.05) is 39.3 Å². The van der Waals surface area contributed by atoms with Crippen LogP contribution < -0.4 is 5.32 Å². The van der Waals surface area contributed by atoms with Crippen LogP contribution in [0.25, 0.3) is 0 Å². The third-order valence-electron chi connectivity index (χ3n) is 3.55. The smallest absolute Gasteiger partial charge is 0.240 e. The molecular formula is C12H19Cl2N3O. The lowest BCUT2D eigenvalue weighted by Crippen LogP contribution is -2.52. The van der Waals surface area contributed by atoms with E-state index in [1.54, 1.807) is 0 Å². The molecule has 6 heteroatoms. The number of carbonyl (C=O) groups is 1. The Balaban J connectivity index is 1.95. The quantitative estimate of drug-likeness (QED) is 0.849. The van der Waals surface area contributed by atoms with Gasteiger partial charge in [0.15, 0.2) is 0 Å². The number of hydrogen-bond donors (Lipinski definition) is 1. The summed E-state index contributed by atoms with van der Waals surface area (Å²) >= 11 is 11.5. The zero-order valence-electron chi connectivity index (χ0n) is 10.4. The number of likely N-dealkylation sites (tertiary alicyclic amines) is 1. The third-order valence-corrected chi connectivity index (χ3v) is 4.15. The SMILES string of the molecule is O=C(C1CCCN1CC(Cl)=CCl)N1CCNCC1. The molecule has 0 spiro atoms. The summed E-state index contributed by atoms with van der Waals surface area (Å²) in [5.74, 6) is 0.244. The van der Waals surface area contributed by atoms with E-state index in [2.05, 4.69) is 10.2 Å². The number of nitrogens with zero attached hydrogens (tertiary/aromatic N) is 2. The minimum atomic E-state index is -0.0199. The van der Waals surface area contributed by atoms with Crippen LogP contribution in [-0.2, 0) is 4.79 Å². The van der Waals surface area contributed by atoms with E-state index in [-0.39, 0.29) is 11.9 Å². The van der Waals surface area contributed by atoms with Gasteiger partial charge in [0.05, 0.1) is 6.04 Å². The van der Waals surface area contributed by atoms with E-state index >= 15 is 0 Å². The van der Waals surface area contributed by atoms with Crippen LogP contribution in [0.1, 0.15) is 12.8 Å². The maximum Gasteiger partial charge on any atom is 0.240 e. The summed E-state index contributed by atoms with van der Waals surface area (Å²) in [6, 6.07) is -0.0199. The summed E-state index contributed by atoms with van der Waals surface area (Å²) < 4.78 is 0. The first-order chi connectivity index (χ1) is 8.72. The van der Waals surface area contributed by atoms with Crippen molar-refractivity contribution >= 4 is 29.1 Å². The van der Waals surface area contributed by atoms with Crippen molar-refractivity contribution in [2.24, 2.45) is 0 Å². The topological polar surface area (TPSA) is 35.6 Å². The summed E-state index contributed by atoms with van der Waals surface area (Å²) in [4.78, 5) is 16.5. The molecule has 1 unspecified atom stereocenters. The molecule has 2 aliphatic rings. The minimum Gasteiger partial charge on any atom is -0.339 e. The van der Waals surface area contributed by atoms with Gasteiger partial charge < -0.3 is 10.2 Å². The lowest BCUT2D eigenvalue weighted by atomic mass is 10.1. The second-order valence-corrected chi connectivity index (χ2v) is 5.46. The Labute approximate surface area is 118 Å². The fourth-order valence-corrected chi connectivity index (χ4v) is 2.84. The Hall–Kier alpha value is -0.290. The number of nitrogens with one attached hydrogen (secondary N) is 1. The van der Waals surface area contributed by atoms with Crippen molar-refractivity contribution < 1.29 is 4.79 Å². The van der Waals surface area contributed by atoms with E-state index in [9.17, 15) is 4.79 Å². The van der Waals surface area contributed by atoms with Gasteiger partial charge in [-0.2, -0.15) is 0 Å². The number of piperazine rings is 1. The molecule has 0 aromatic carbocycles. The zero-order chi connectivity index (χ0) is 13.0. The van der Waals surface area contributed by atoms with Crippen LogP contribution in [0.2, 0.25) is 0 Å². The van der Waals surface area contributed by atoms with Crippen molar-refractivity contribution in [3.8, 4) is 0 Å². The normalized spacial score (nSPS) is 26.7. The maximum absolute atomic E-state index is 12.4. The van der Waals surface area contributed by atoms with Crippen LogP contribution >= 0.6 is 23.2 Å². The van der Waals surface area contributed by atoms with Crippen LogP contribution in [-0.4, -0.2) is 61.0 Å². The molecule has 2 fully saturated rings. The maximum atomic E-state index is 12.4. The van der Waals surface area contributed by atoms with Gasteiger partial charge in [-0.05, 0) is 19.4 Å². The first-order valence-electron chi connectivity index (χ1n) is 6.40. The largest absolute Gasteiger partial charge is 0.339 e. The highest BCUT2D eigenvalue weighted by atomic mass is 35.5. The fourth-order valence-electron chi connectivity index (χ4n) is 2.62. The third kappa shape index (κ3) is 3.38. The number of halogens is 2. The first-order valence-corrected chi connectivity index (χ1v) is 7.22. The van der Waals surface area contributed by atoms with E-state index < -0.39 is 0 Å². The van der Waals surface area contributed by atoms with Gasteiger partial charge in [-0.3, -0.25) is 9.69 Å². The first kappa shape index (κ1) is 14.1. The highest BCUT2D eigenvalue weighted by molar-refractivity contribution is 6.36. The van der Waals surface area contributed by atoms with Gasteiger partial charge >= 0.3 is 0 Å². The minimum absolute atomic E-state index is 0.0199. The van der Waals surface area contributed by atoms with Crippen molar-refractivity contribution in [1.29, 1.82) is 0 Å². The summed E-state index contributed by atoms with van der Waals surface area (Å²) in [5.41, 5.74) is 1.38. The second-order valence-electron chi connectivity index (χ2n) is 4.76. The van der Waals surface area contributed by atoms with Crippen LogP contribution in [0.15, 0.2) is 10.6 Å². The van der Waals surface area contributed by atoms with Crippen molar-refractivity contribution in [3.63, 3.8) is 0 Å². The number of rotatable bonds is 3. The van der Waals surface area contributed by atoms with E-state index in [0.29, 0.717) is 11.6 Å². The van der Waals surface area contributed by atoms with Gasteiger partial charge in [0.25, 0.3) is 0 Å². The Morgan fingerprint density at radius 3 is 2.72 bits per heavy atom. The van der Waals surface area contributed by atoms with Gasteiger partial charge in [-0.15, -0.1) is 0 Å². The summed E-state index contributed by atoms with van der Waals surface area (Å²) in [6.07, 6.45) is 1.98. The Kier molecular flexibility index (Phi) is 5.30.